The number of hydrogen-bond acceptors (Lipinski definition) is 5. The monoisotopic (exact) mass is 603 g/mol. The Bertz CT molecular complexity index is 1440. The number of carbonyl (C=O) groups is 2. The van der Waals surface area contributed by atoms with Gasteiger partial charge in [0.05, 0.1) is 24.1 Å². The van der Waals surface area contributed by atoms with Crippen LogP contribution in [0.4, 0.5) is 10.1 Å². The number of methoxy groups -OCH3 is 1. The number of carbonyl (C=O) groups excluding carboxylic acids is 2. The Balaban J connectivity index is 1.87. The molecule has 0 radical (unpaired) electrons. The highest BCUT2D eigenvalue weighted by atomic mass is 35.5. The minimum absolute atomic E-state index is 0.00865. The van der Waals surface area contributed by atoms with Gasteiger partial charge in [-0.2, -0.15) is 0 Å². The second-order valence-corrected chi connectivity index (χ2v) is 11.8. The summed E-state index contributed by atoms with van der Waals surface area (Å²) in [5.41, 5.74) is 1.45. The van der Waals surface area contributed by atoms with Crippen molar-refractivity contribution in [1.29, 1.82) is 0 Å². The SMILES string of the molecule is CCNC(=O)C(Cc1ccccc1)N(Cc1ccccc1F)C(=O)CCCN(c1ccc(OC)c(Cl)c1)S(C)(=O)=O. The minimum atomic E-state index is -3.71. The number of nitrogens with one attached hydrogen (secondary N) is 1. The second kappa shape index (κ2) is 14.8. The fourth-order valence-corrected chi connectivity index (χ4v) is 5.68. The molecule has 2 amide bonds. The molecule has 1 N–H and O–H groups in total. The van der Waals surface area contributed by atoms with Gasteiger partial charge in [0.2, 0.25) is 21.8 Å². The fourth-order valence-electron chi connectivity index (χ4n) is 4.47. The van der Waals surface area contributed by atoms with E-state index in [0.29, 0.717) is 18.0 Å². The lowest BCUT2D eigenvalue weighted by Crippen LogP contribution is -2.50. The average Bonchev–Trinajstić information content (AvgIpc) is 2.93. The maximum atomic E-state index is 14.7. The lowest BCUT2D eigenvalue weighted by molar-refractivity contribution is -0.141. The zero-order chi connectivity index (χ0) is 30.0. The van der Waals surface area contributed by atoms with Crippen LogP contribution in [0.15, 0.2) is 72.8 Å². The summed E-state index contributed by atoms with van der Waals surface area (Å²) in [6, 6.07) is 19.1. The lowest BCUT2D eigenvalue weighted by Gasteiger charge is -2.32. The van der Waals surface area contributed by atoms with E-state index in [4.69, 9.17) is 16.3 Å². The van der Waals surface area contributed by atoms with E-state index in [1.165, 1.54) is 24.1 Å². The molecule has 3 aromatic rings. The number of nitrogens with zero attached hydrogens (tertiary/aromatic N) is 2. The summed E-state index contributed by atoms with van der Waals surface area (Å²) in [7, 11) is -2.25. The maximum absolute atomic E-state index is 14.7. The molecule has 220 valence electrons. The summed E-state index contributed by atoms with van der Waals surface area (Å²) in [4.78, 5) is 28.3. The first kappa shape index (κ1) is 31.9. The molecule has 0 heterocycles. The third-order valence-electron chi connectivity index (χ3n) is 6.50. The lowest BCUT2D eigenvalue weighted by atomic mass is 10.0. The number of likely N-dealkylation sites (N-methyl/N-ethyl adjacent to an activating group) is 1. The predicted molar refractivity (Wildman–Crippen MR) is 159 cm³/mol. The number of rotatable bonds is 14. The molecule has 3 rings (SSSR count). The van der Waals surface area contributed by atoms with Gasteiger partial charge in [0.25, 0.3) is 0 Å². The Kier molecular flexibility index (Phi) is 11.5. The number of benzene rings is 3. The molecule has 0 aromatic heterocycles. The molecule has 8 nitrogen and oxygen atoms in total. The van der Waals surface area contributed by atoms with Crippen molar-refractivity contribution in [3.63, 3.8) is 0 Å². The fraction of sp³-hybridized carbons (Fsp3) is 0.333. The first-order valence-electron chi connectivity index (χ1n) is 13.2. The zero-order valence-electron chi connectivity index (χ0n) is 23.3. The van der Waals surface area contributed by atoms with E-state index < -0.39 is 27.8 Å². The van der Waals surface area contributed by atoms with E-state index in [1.54, 1.807) is 37.3 Å². The van der Waals surface area contributed by atoms with Crippen molar-refractivity contribution in [2.45, 2.75) is 38.8 Å². The number of amides is 2. The summed E-state index contributed by atoms with van der Waals surface area (Å²) in [6.45, 7) is 2.01. The number of ether oxygens (including phenoxy) is 1. The molecule has 0 aliphatic heterocycles. The van der Waals surface area contributed by atoms with Gasteiger partial charge in [-0.15, -0.1) is 0 Å². The summed E-state index contributed by atoms with van der Waals surface area (Å²) in [5, 5.41) is 3.04. The molecular weight excluding hydrogens is 569 g/mol. The summed E-state index contributed by atoms with van der Waals surface area (Å²) in [5.74, 6) is -0.842. The predicted octanol–water partition coefficient (Wildman–Crippen LogP) is 4.81. The highest BCUT2D eigenvalue weighted by molar-refractivity contribution is 7.92. The van der Waals surface area contributed by atoms with Crippen LogP contribution in [-0.2, 0) is 32.6 Å². The minimum Gasteiger partial charge on any atom is -0.495 e. The Morgan fingerprint density at radius 2 is 1.73 bits per heavy atom. The summed E-state index contributed by atoms with van der Waals surface area (Å²) < 4.78 is 46.2. The Labute approximate surface area is 246 Å². The Morgan fingerprint density at radius 1 is 1.05 bits per heavy atom. The summed E-state index contributed by atoms with van der Waals surface area (Å²) in [6.07, 6.45) is 1.38. The Hall–Kier alpha value is -3.63. The van der Waals surface area contributed by atoms with Crippen LogP contribution in [0.1, 0.15) is 30.9 Å². The molecule has 11 heteroatoms. The highest BCUT2D eigenvalue weighted by Gasteiger charge is 2.31. The van der Waals surface area contributed by atoms with Crippen molar-refractivity contribution < 1.29 is 27.1 Å². The first-order valence-corrected chi connectivity index (χ1v) is 15.4. The number of hydrogen-bond donors (Lipinski definition) is 1. The normalized spacial score (nSPS) is 11.9. The largest absolute Gasteiger partial charge is 0.495 e. The van der Waals surface area contributed by atoms with Gasteiger partial charge in [-0.25, -0.2) is 12.8 Å². The van der Waals surface area contributed by atoms with Crippen LogP contribution in [0.5, 0.6) is 5.75 Å². The quantitative estimate of drug-likeness (QED) is 0.285. The van der Waals surface area contributed by atoms with Crippen LogP contribution in [0, 0.1) is 5.82 Å². The molecule has 0 fully saturated rings. The van der Waals surface area contributed by atoms with E-state index >= 15 is 0 Å². The third kappa shape index (κ3) is 8.93. The zero-order valence-corrected chi connectivity index (χ0v) is 24.9. The van der Waals surface area contributed by atoms with Crippen LogP contribution >= 0.6 is 11.6 Å². The standard InChI is InChI=1S/C30H35ClFN3O5S/c1-4-33-30(37)27(19-22-11-6-5-7-12-22)34(21-23-13-8-9-14-26(23)32)29(36)15-10-18-35(41(3,38)39)24-16-17-28(40-2)25(31)20-24/h5-9,11-14,16-17,20,27H,4,10,15,18-19,21H2,1-3H3,(H,33,37). The van der Waals surface area contributed by atoms with Gasteiger partial charge in [-0.3, -0.25) is 13.9 Å². The van der Waals surface area contributed by atoms with Crippen molar-refractivity contribution in [1.82, 2.24) is 10.2 Å². The van der Waals surface area contributed by atoms with Crippen molar-refractivity contribution in [2.24, 2.45) is 0 Å². The molecular formula is C30H35ClFN3O5S. The van der Waals surface area contributed by atoms with Crippen LogP contribution in [0.2, 0.25) is 5.02 Å². The van der Waals surface area contributed by atoms with E-state index in [0.717, 1.165) is 16.1 Å². The van der Waals surface area contributed by atoms with Crippen molar-refractivity contribution in [3.8, 4) is 5.75 Å². The first-order chi connectivity index (χ1) is 19.5. The second-order valence-electron chi connectivity index (χ2n) is 9.47. The van der Waals surface area contributed by atoms with Crippen molar-refractivity contribution in [2.75, 3.05) is 30.8 Å². The molecule has 0 aliphatic carbocycles. The van der Waals surface area contributed by atoms with Gasteiger partial charge >= 0.3 is 0 Å². The smallest absolute Gasteiger partial charge is 0.243 e. The van der Waals surface area contributed by atoms with E-state index in [9.17, 15) is 22.4 Å². The van der Waals surface area contributed by atoms with Gasteiger partial charge in [-0.05, 0) is 43.2 Å². The van der Waals surface area contributed by atoms with Crippen LogP contribution in [-0.4, -0.2) is 57.6 Å². The van der Waals surface area contributed by atoms with E-state index in [2.05, 4.69) is 5.32 Å². The van der Waals surface area contributed by atoms with Gasteiger partial charge in [0.15, 0.2) is 0 Å². The molecule has 0 aliphatic rings. The van der Waals surface area contributed by atoms with Crippen molar-refractivity contribution in [3.05, 3.63) is 94.8 Å². The Morgan fingerprint density at radius 3 is 2.34 bits per heavy atom. The number of anilines is 1. The number of halogens is 2. The third-order valence-corrected chi connectivity index (χ3v) is 7.99. The number of sulfonamides is 1. The van der Waals surface area contributed by atoms with Crippen LogP contribution in [0.3, 0.4) is 0 Å². The van der Waals surface area contributed by atoms with E-state index in [-0.39, 0.29) is 48.8 Å². The maximum Gasteiger partial charge on any atom is 0.243 e. The van der Waals surface area contributed by atoms with Gasteiger partial charge in [0, 0.05) is 38.0 Å². The molecule has 41 heavy (non-hydrogen) atoms. The molecule has 3 aromatic carbocycles. The van der Waals surface area contributed by atoms with E-state index in [1.807, 2.05) is 30.3 Å². The molecule has 0 spiro atoms. The topological polar surface area (TPSA) is 96.0 Å². The molecule has 0 saturated heterocycles. The van der Waals surface area contributed by atoms with Gasteiger partial charge in [0.1, 0.15) is 17.6 Å². The average molecular weight is 604 g/mol. The van der Waals surface area contributed by atoms with Crippen LogP contribution in [0.25, 0.3) is 0 Å². The molecule has 1 atom stereocenters. The van der Waals surface area contributed by atoms with Gasteiger partial charge in [-0.1, -0.05) is 60.1 Å². The van der Waals surface area contributed by atoms with Crippen molar-refractivity contribution >= 4 is 39.1 Å². The highest BCUT2D eigenvalue weighted by Crippen LogP contribution is 2.30. The molecule has 1 unspecified atom stereocenters. The van der Waals surface area contributed by atoms with Gasteiger partial charge < -0.3 is 15.0 Å². The molecule has 0 bridgehead atoms. The summed E-state index contributed by atoms with van der Waals surface area (Å²) >= 11 is 6.22. The van der Waals surface area contributed by atoms with Crippen LogP contribution < -0.4 is 14.4 Å². The molecule has 0 saturated carbocycles.